The second-order valence-electron chi connectivity index (χ2n) is 5.92. The van der Waals surface area contributed by atoms with Crippen molar-refractivity contribution < 1.29 is 9.53 Å². The van der Waals surface area contributed by atoms with Crippen molar-refractivity contribution in [2.45, 2.75) is 32.5 Å². The van der Waals surface area contributed by atoms with E-state index in [1.165, 1.54) is 11.1 Å². The molecule has 0 aromatic heterocycles. The van der Waals surface area contributed by atoms with E-state index in [0.717, 1.165) is 30.0 Å². The summed E-state index contributed by atoms with van der Waals surface area (Å²) in [4.78, 5) is 12.4. The first-order valence-corrected chi connectivity index (χ1v) is 7.90. The molecule has 1 amide bonds. The number of ether oxygens (including phenoxy) is 1. The molecule has 23 heavy (non-hydrogen) atoms. The maximum atomic E-state index is 12.4. The average Bonchev–Trinajstić information content (AvgIpc) is 3.06. The summed E-state index contributed by atoms with van der Waals surface area (Å²) in [6, 6.07) is 14.0. The molecule has 1 unspecified atom stereocenters. The van der Waals surface area contributed by atoms with Gasteiger partial charge < -0.3 is 15.4 Å². The minimum absolute atomic E-state index is 0.0249. The van der Waals surface area contributed by atoms with Crippen LogP contribution in [0.2, 0.25) is 0 Å². The standard InChI is InChI=1S/C19H22N2O2/c1-13(15-4-3-5-18(9-15)23-2)19(22)21-10-14-6-7-16-11-20-12-17(16)8-14/h3-9,13,20H,10-12H2,1-2H3,(H,21,22). The third-order valence-corrected chi connectivity index (χ3v) is 4.36. The predicted octanol–water partition coefficient (Wildman–Crippen LogP) is 2.72. The number of rotatable bonds is 5. The van der Waals surface area contributed by atoms with Gasteiger partial charge in [-0.25, -0.2) is 0 Å². The molecular formula is C19H22N2O2. The van der Waals surface area contributed by atoms with Gasteiger partial charge in [-0.3, -0.25) is 4.79 Å². The fourth-order valence-electron chi connectivity index (χ4n) is 2.86. The minimum Gasteiger partial charge on any atom is -0.497 e. The van der Waals surface area contributed by atoms with Gasteiger partial charge in [-0.15, -0.1) is 0 Å². The second kappa shape index (κ2) is 6.84. The van der Waals surface area contributed by atoms with Gasteiger partial charge in [0.1, 0.15) is 5.75 Å². The number of benzene rings is 2. The number of hydrogen-bond donors (Lipinski definition) is 2. The van der Waals surface area contributed by atoms with Gasteiger partial charge >= 0.3 is 0 Å². The number of amides is 1. The van der Waals surface area contributed by atoms with Gasteiger partial charge in [0.05, 0.1) is 13.0 Å². The summed E-state index contributed by atoms with van der Waals surface area (Å²) in [5, 5.41) is 6.36. The molecular weight excluding hydrogens is 288 g/mol. The Morgan fingerprint density at radius 3 is 2.87 bits per heavy atom. The maximum absolute atomic E-state index is 12.4. The van der Waals surface area contributed by atoms with Crippen LogP contribution in [-0.2, 0) is 24.4 Å². The SMILES string of the molecule is COc1cccc(C(C)C(=O)NCc2ccc3c(c2)CNC3)c1. The monoisotopic (exact) mass is 310 g/mol. The van der Waals surface area contributed by atoms with Crippen molar-refractivity contribution in [1.29, 1.82) is 0 Å². The zero-order chi connectivity index (χ0) is 16.2. The van der Waals surface area contributed by atoms with Crippen LogP contribution in [0.4, 0.5) is 0 Å². The molecule has 2 N–H and O–H groups in total. The van der Waals surface area contributed by atoms with E-state index < -0.39 is 0 Å². The van der Waals surface area contributed by atoms with E-state index in [-0.39, 0.29) is 11.8 Å². The lowest BCUT2D eigenvalue weighted by atomic mass is 10.00. The Balaban J connectivity index is 1.62. The van der Waals surface area contributed by atoms with Crippen molar-refractivity contribution in [1.82, 2.24) is 10.6 Å². The van der Waals surface area contributed by atoms with Crippen LogP contribution in [0.5, 0.6) is 5.75 Å². The number of carbonyl (C=O) groups excluding carboxylic acids is 1. The van der Waals surface area contributed by atoms with Crippen LogP contribution >= 0.6 is 0 Å². The second-order valence-corrected chi connectivity index (χ2v) is 5.92. The summed E-state index contributed by atoms with van der Waals surface area (Å²) in [5.74, 6) is 0.589. The van der Waals surface area contributed by atoms with Crippen molar-refractivity contribution in [2.24, 2.45) is 0 Å². The quantitative estimate of drug-likeness (QED) is 0.893. The third kappa shape index (κ3) is 3.54. The van der Waals surface area contributed by atoms with Gasteiger partial charge in [-0.1, -0.05) is 30.3 Å². The summed E-state index contributed by atoms with van der Waals surface area (Å²) in [6.45, 7) is 4.32. The Labute approximate surface area is 136 Å². The number of nitrogens with one attached hydrogen (secondary N) is 2. The highest BCUT2D eigenvalue weighted by Gasteiger charge is 2.16. The highest BCUT2D eigenvalue weighted by atomic mass is 16.5. The van der Waals surface area contributed by atoms with Crippen LogP contribution in [0.3, 0.4) is 0 Å². The van der Waals surface area contributed by atoms with Gasteiger partial charge in [0.2, 0.25) is 5.91 Å². The van der Waals surface area contributed by atoms with E-state index in [2.05, 4.69) is 28.8 Å². The maximum Gasteiger partial charge on any atom is 0.227 e. The molecule has 1 atom stereocenters. The summed E-state index contributed by atoms with van der Waals surface area (Å²) in [5.41, 5.74) is 4.78. The van der Waals surface area contributed by atoms with Crippen molar-refractivity contribution in [2.75, 3.05) is 7.11 Å². The Morgan fingerprint density at radius 2 is 2.04 bits per heavy atom. The molecule has 0 fully saturated rings. The lowest BCUT2D eigenvalue weighted by Crippen LogP contribution is -2.27. The average molecular weight is 310 g/mol. The lowest BCUT2D eigenvalue weighted by Gasteiger charge is -2.14. The molecule has 1 aliphatic heterocycles. The van der Waals surface area contributed by atoms with Crippen LogP contribution in [-0.4, -0.2) is 13.0 Å². The molecule has 4 nitrogen and oxygen atoms in total. The highest BCUT2D eigenvalue weighted by molar-refractivity contribution is 5.83. The molecule has 4 heteroatoms. The van der Waals surface area contributed by atoms with Crippen LogP contribution in [0.1, 0.15) is 35.1 Å². The Kier molecular flexibility index (Phi) is 4.63. The molecule has 3 rings (SSSR count). The van der Waals surface area contributed by atoms with E-state index in [0.29, 0.717) is 6.54 Å². The zero-order valence-electron chi connectivity index (χ0n) is 13.6. The van der Waals surface area contributed by atoms with Gasteiger partial charge in [-0.05, 0) is 41.3 Å². The Bertz CT molecular complexity index is 712. The number of hydrogen-bond acceptors (Lipinski definition) is 3. The van der Waals surface area contributed by atoms with Crippen LogP contribution in [0.25, 0.3) is 0 Å². The predicted molar refractivity (Wildman–Crippen MR) is 90.2 cm³/mol. The largest absolute Gasteiger partial charge is 0.497 e. The zero-order valence-corrected chi connectivity index (χ0v) is 13.6. The van der Waals surface area contributed by atoms with Gasteiger partial charge in [-0.2, -0.15) is 0 Å². The fourth-order valence-corrected chi connectivity index (χ4v) is 2.86. The number of methoxy groups -OCH3 is 1. The summed E-state index contributed by atoms with van der Waals surface area (Å²) < 4.78 is 5.22. The highest BCUT2D eigenvalue weighted by Crippen LogP contribution is 2.21. The van der Waals surface area contributed by atoms with Crippen LogP contribution in [0, 0.1) is 0 Å². The van der Waals surface area contributed by atoms with Crippen molar-refractivity contribution in [3.05, 3.63) is 64.7 Å². The van der Waals surface area contributed by atoms with E-state index in [9.17, 15) is 4.79 Å². The Hall–Kier alpha value is -2.33. The first kappa shape index (κ1) is 15.6. The number of fused-ring (bicyclic) bond motifs is 1. The van der Waals surface area contributed by atoms with E-state index in [4.69, 9.17) is 4.74 Å². The Morgan fingerprint density at radius 1 is 1.22 bits per heavy atom. The summed E-state index contributed by atoms with van der Waals surface area (Å²) in [6.07, 6.45) is 0. The van der Waals surface area contributed by atoms with Crippen LogP contribution in [0.15, 0.2) is 42.5 Å². The van der Waals surface area contributed by atoms with Crippen molar-refractivity contribution in [3.63, 3.8) is 0 Å². The molecule has 0 bridgehead atoms. The molecule has 2 aromatic carbocycles. The smallest absolute Gasteiger partial charge is 0.227 e. The summed E-state index contributed by atoms with van der Waals surface area (Å²) >= 11 is 0. The van der Waals surface area contributed by atoms with E-state index in [1.807, 2.05) is 31.2 Å². The first-order chi connectivity index (χ1) is 11.2. The third-order valence-electron chi connectivity index (χ3n) is 4.36. The lowest BCUT2D eigenvalue weighted by molar-refractivity contribution is -0.122. The van der Waals surface area contributed by atoms with E-state index in [1.54, 1.807) is 7.11 Å². The molecule has 1 aliphatic rings. The van der Waals surface area contributed by atoms with Gasteiger partial charge in [0, 0.05) is 19.6 Å². The first-order valence-electron chi connectivity index (χ1n) is 7.90. The molecule has 0 saturated heterocycles. The van der Waals surface area contributed by atoms with Gasteiger partial charge in [0.15, 0.2) is 0 Å². The molecule has 0 spiro atoms. The molecule has 2 aromatic rings. The topological polar surface area (TPSA) is 50.4 Å². The molecule has 0 radical (unpaired) electrons. The molecule has 1 heterocycles. The van der Waals surface area contributed by atoms with Crippen molar-refractivity contribution >= 4 is 5.91 Å². The van der Waals surface area contributed by atoms with Gasteiger partial charge in [0.25, 0.3) is 0 Å². The number of carbonyl (C=O) groups is 1. The summed E-state index contributed by atoms with van der Waals surface area (Å²) in [7, 11) is 1.63. The van der Waals surface area contributed by atoms with Crippen LogP contribution < -0.4 is 15.4 Å². The van der Waals surface area contributed by atoms with E-state index >= 15 is 0 Å². The molecule has 120 valence electrons. The minimum atomic E-state index is -0.207. The van der Waals surface area contributed by atoms with Crippen molar-refractivity contribution in [3.8, 4) is 5.75 Å². The fraction of sp³-hybridized carbons (Fsp3) is 0.316. The normalized spacial score (nSPS) is 14.2. The molecule has 0 saturated carbocycles. The molecule has 0 aliphatic carbocycles.